The van der Waals surface area contributed by atoms with E-state index >= 15 is 0 Å². The largest absolute Gasteiger partial charge is 0.326 e. The molecule has 1 heterocycles. The first-order chi connectivity index (χ1) is 5.15. The molecule has 0 aromatic carbocycles. The molecule has 0 saturated carbocycles. The minimum Gasteiger partial charge on any atom is -0.295 e. The maximum atomic E-state index is 10.6. The molecule has 56 valence electrons. The second-order valence-corrected chi connectivity index (χ2v) is 1.71. The van der Waals surface area contributed by atoms with Crippen LogP contribution in [0.5, 0.6) is 0 Å². The van der Waals surface area contributed by atoms with E-state index in [0.29, 0.717) is 0 Å². The summed E-state index contributed by atoms with van der Waals surface area (Å²) < 4.78 is 0. The van der Waals surface area contributed by atoms with E-state index in [1.807, 2.05) is 5.32 Å². The third-order valence-corrected chi connectivity index (χ3v) is 1.00. The Morgan fingerprint density at radius 1 is 1.09 bits per heavy atom. The summed E-state index contributed by atoms with van der Waals surface area (Å²) in [6.45, 7) is 0. The molecule has 2 N–H and O–H groups in total. The van der Waals surface area contributed by atoms with Crippen molar-refractivity contribution in [1.29, 1.82) is 0 Å². The Morgan fingerprint density at radius 3 is 2.27 bits per heavy atom. The van der Waals surface area contributed by atoms with Crippen LogP contribution in [0.4, 0.5) is 4.79 Å². The summed E-state index contributed by atoms with van der Waals surface area (Å²) in [6.07, 6.45) is 0. The van der Waals surface area contributed by atoms with E-state index in [2.05, 4.69) is 0 Å². The Kier molecular flexibility index (Phi) is 1.54. The molecule has 0 radical (unpaired) electrons. The molecule has 0 unspecified atom stereocenters. The zero-order chi connectivity index (χ0) is 8.43. The SMILES string of the molecule is O=C=C1NC(=O)NC(=O)C1=O. The molecule has 1 fully saturated rings. The van der Waals surface area contributed by atoms with Gasteiger partial charge in [0.05, 0.1) is 0 Å². The van der Waals surface area contributed by atoms with Crippen LogP contribution >= 0.6 is 0 Å². The highest BCUT2D eigenvalue weighted by molar-refractivity contribution is 6.48. The summed E-state index contributed by atoms with van der Waals surface area (Å²) >= 11 is 0. The molecule has 0 aliphatic carbocycles. The van der Waals surface area contributed by atoms with Crippen molar-refractivity contribution in [2.75, 3.05) is 0 Å². The fourth-order valence-electron chi connectivity index (χ4n) is 0.547. The lowest BCUT2D eigenvalue weighted by Gasteiger charge is -2.10. The van der Waals surface area contributed by atoms with Crippen molar-refractivity contribution >= 4 is 23.7 Å². The molecular formula is C5H2N2O4. The number of hydrogen-bond acceptors (Lipinski definition) is 4. The summed E-state index contributed by atoms with van der Waals surface area (Å²) in [7, 11) is 0. The highest BCUT2D eigenvalue weighted by Crippen LogP contribution is 1.91. The van der Waals surface area contributed by atoms with Gasteiger partial charge in [-0.1, -0.05) is 0 Å². The molecule has 3 amide bonds. The third-order valence-electron chi connectivity index (χ3n) is 1.00. The van der Waals surface area contributed by atoms with Gasteiger partial charge >= 0.3 is 11.9 Å². The van der Waals surface area contributed by atoms with E-state index in [0.717, 1.165) is 5.94 Å². The minimum absolute atomic E-state index is 0.654. The van der Waals surface area contributed by atoms with Gasteiger partial charge in [-0.05, 0) is 0 Å². The summed E-state index contributed by atoms with van der Waals surface area (Å²) in [5, 5.41) is 3.47. The normalized spacial score (nSPS) is 17.1. The van der Waals surface area contributed by atoms with Crippen LogP contribution < -0.4 is 10.6 Å². The highest BCUT2D eigenvalue weighted by Gasteiger charge is 2.29. The molecule has 1 aliphatic rings. The van der Waals surface area contributed by atoms with Gasteiger partial charge in [-0.25, -0.2) is 9.59 Å². The van der Waals surface area contributed by atoms with Gasteiger partial charge in [-0.3, -0.25) is 20.2 Å². The van der Waals surface area contributed by atoms with Gasteiger partial charge in [0.25, 0.3) is 5.78 Å². The first kappa shape index (κ1) is 7.17. The van der Waals surface area contributed by atoms with Crippen LogP contribution in [0.1, 0.15) is 0 Å². The van der Waals surface area contributed by atoms with Crippen LogP contribution in [0.2, 0.25) is 0 Å². The second kappa shape index (κ2) is 2.36. The molecule has 11 heavy (non-hydrogen) atoms. The average molecular weight is 154 g/mol. The number of nitrogens with one attached hydrogen (secondary N) is 2. The van der Waals surface area contributed by atoms with E-state index in [4.69, 9.17) is 0 Å². The van der Waals surface area contributed by atoms with Crippen molar-refractivity contribution in [3.8, 4) is 0 Å². The number of rotatable bonds is 0. The van der Waals surface area contributed by atoms with Gasteiger partial charge in [-0.2, -0.15) is 0 Å². The molecule has 0 aromatic rings. The quantitative estimate of drug-likeness (QED) is 0.242. The average Bonchev–Trinajstić information content (AvgIpc) is 1.96. The van der Waals surface area contributed by atoms with E-state index in [9.17, 15) is 19.2 Å². The minimum atomic E-state index is -1.12. The first-order valence-corrected chi connectivity index (χ1v) is 2.57. The van der Waals surface area contributed by atoms with E-state index in [1.165, 1.54) is 0 Å². The van der Waals surface area contributed by atoms with Gasteiger partial charge in [0, 0.05) is 0 Å². The zero-order valence-corrected chi connectivity index (χ0v) is 5.13. The standard InChI is InChI=1S/C5H2N2O4/c8-1-2-3(9)4(10)7-5(11)6-2/h(H2,6,7,10,11). The monoisotopic (exact) mass is 154 g/mol. The lowest BCUT2D eigenvalue weighted by molar-refractivity contribution is -0.135. The second-order valence-electron chi connectivity index (χ2n) is 1.71. The summed E-state index contributed by atoms with van der Waals surface area (Å²) in [5.41, 5.74) is -0.654. The molecule has 1 rings (SSSR count). The fourth-order valence-corrected chi connectivity index (χ4v) is 0.547. The number of hydrogen-bond donors (Lipinski definition) is 2. The van der Waals surface area contributed by atoms with Crippen LogP contribution in [-0.2, 0) is 14.4 Å². The topological polar surface area (TPSA) is 92.3 Å². The Hall–Kier alpha value is -1.94. The van der Waals surface area contributed by atoms with E-state index in [-0.39, 0.29) is 0 Å². The molecule has 1 saturated heterocycles. The molecule has 0 bridgehead atoms. The zero-order valence-electron chi connectivity index (χ0n) is 5.13. The predicted octanol–water partition coefficient (Wildman–Crippen LogP) is -1.89. The maximum absolute atomic E-state index is 10.6. The van der Waals surface area contributed by atoms with Crippen LogP contribution in [-0.4, -0.2) is 23.7 Å². The van der Waals surface area contributed by atoms with Crippen LogP contribution in [0.25, 0.3) is 0 Å². The van der Waals surface area contributed by atoms with E-state index < -0.39 is 23.4 Å². The fraction of sp³-hybridized carbons (Fsp3) is 0. The number of urea groups is 1. The van der Waals surface area contributed by atoms with Crippen molar-refractivity contribution in [3.63, 3.8) is 0 Å². The van der Waals surface area contributed by atoms with Crippen molar-refractivity contribution < 1.29 is 19.2 Å². The number of carbonyl (C=O) groups excluding carboxylic acids is 4. The molecule has 0 spiro atoms. The van der Waals surface area contributed by atoms with Gasteiger partial charge in [0.1, 0.15) is 0 Å². The number of imide groups is 1. The summed E-state index contributed by atoms with van der Waals surface area (Å²) in [4.78, 5) is 41.3. The summed E-state index contributed by atoms with van der Waals surface area (Å²) in [5.74, 6) is -1.06. The molecule has 6 heteroatoms. The van der Waals surface area contributed by atoms with Crippen molar-refractivity contribution in [3.05, 3.63) is 5.70 Å². The third kappa shape index (κ3) is 1.15. The van der Waals surface area contributed by atoms with Crippen LogP contribution in [0.3, 0.4) is 0 Å². The molecular weight excluding hydrogens is 152 g/mol. The lowest BCUT2D eigenvalue weighted by Crippen LogP contribution is -2.51. The van der Waals surface area contributed by atoms with Crippen molar-refractivity contribution in [2.24, 2.45) is 0 Å². The number of ketones is 1. The Balaban J connectivity index is 3.01. The van der Waals surface area contributed by atoms with Gasteiger partial charge in [0.15, 0.2) is 11.6 Å². The number of carbonyl (C=O) groups is 3. The van der Waals surface area contributed by atoms with E-state index in [1.54, 1.807) is 5.32 Å². The van der Waals surface area contributed by atoms with Gasteiger partial charge in [-0.15, -0.1) is 0 Å². The Labute approximate surface area is 60.2 Å². The van der Waals surface area contributed by atoms with Crippen molar-refractivity contribution in [1.82, 2.24) is 10.6 Å². The Morgan fingerprint density at radius 2 is 1.73 bits per heavy atom. The Bertz CT molecular complexity index is 300. The first-order valence-electron chi connectivity index (χ1n) is 2.57. The molecule has 0 atom stereocenters. The van der Waals surface area contributed by atoms with Crippen LogP contribution in [0, 0.1) is 0 Å². The van der Waals surface area contributed by atoms with Crippen molar-refractivity contribution in [2.45, 2.75) is 0 Å². The number of Topliss-reactive ketones (excluding diaryl/α,β-unsaturated/α-hetero) is 1. The molecule has 0 aromatic heterocycles. The smallest absolute Gasteiger partial charge is 0.295 e. The van der Waals surface area contributed by atoms with Gasteiger partial charge < -0.3 is 0 Å². The maximum Gasteiger partial charge on any atom is 0.326 e. The van der Waals surface area contributed by atoms with Crippen LogP contribution in [0.15, 0.2) is 5.70 Å². The lowest BCUT2D eigenvalue weighted by atomic mass is 10.2. The number of amides is 3. The molecule has 1 aliphatic heterocycles. The summed E-state index contributed by atoms with van der Waals surface area (Å²) in [6, 6.07) is -0.895. The van der Waals surface area contributed by atoms with Gasteiger partial charge in [0.2, 0.25) is 0 Å². The highest BCUT2D eigenvalue weighted by atomic mass is 16.2. The predicted molar refractivity (Wildman–Crippen MR) is 30.9 cm³/mol. The molecule has 6 nitrogen and oxygen atoms in total.